The molecule has 0 aliphatic carbocycles. The topological polar surface area (TPSA) is 43.8 Å². The summed E-state index contributed by atoms with van der Waals surface area (Å²) in [6, 6.07) is 1.72. The van der Waals surface area contributed by atoms with E-state index in [9.17, 15) is 17.6 Å². The monoisotopic (exact) mass is 219 g/mol. The maximum absolute atomic E-state index is 13.3. The van der Waals surface area contributed by atoms with E-state index in [4.69, 9.17) is 5.84 Å². The first-order chi connectivity index (χ1) is 6.91. The molecule has 0 saturated carbocycles. The Morgan fingerprint density at radius 1 is 1.27 bits per heavy atom. The van der Waals surface area contributed by atoms with Crippen LogP contribution in [-0.4, -0.2) is 9.66 Å². The van der Waals surface area contributed by atoms with Gasteiger partial charge in [-0.15, -0.1) is 0 Å². The van der Waals surface area contributed by atoms with E-state index in [1.165, 1.54) is 0 Å². The molecule has 2 rings (SSSR count). The molecule has 0 fully saturated rings. The van der Waals surface area contributed by atoms with Crippen molar-refractivity contribution in [1.29, 1.82) is 0 Å². The number of hydrogen-bond acceptors (Lipinski definition) is 2. The fourth-order valence-electron chi connectivity index (χ4n) is 1.29. The molecule has 7 heteroatoms. The lowest BCUT2D eigenvalue weighted by molar-refractivity contribution is -0.139. The van der Waals surface area contributed by atoms with Gasteiger partial charge in [0.2, 0.25) is 0 Å². The van der Waals surface area contributed by atoms with Gasteiger partial charge in [0.1, 0.15) is 11.8 Å². The molecule has 0 unspecified atom stereocenters. The third kappa shape index (κ3) is 1.39. The van der Waals surface area contributed by atoms with Crippen LogP contribution in [0.1, 0.15) is 5.56 Å². The van der Waals surface area contributed by atoms with Crippen LogP contribution in [0.3, 0.4) is 0 Å². The molecule has 80 valence electrons. The molecule has 0 spiro atoms. The van der Waals surface area contributed by atoms with Crippen LogP contribution < -0.4 is 5.84 Å². The smallest absolute Gasteiger partial charge is 0.338 e. The van der Waals surface area contributed by atoms with E-state index in [0.29, 0.717) is 6.07 Å². The van der Waals surface area contributed by atoms with E-state index >= 15 is 0 Å². The van der Waals surface area contributed by atoms with E-state index in [0.717, 1.165) is 17.1 Å². The lowest BCUT2D eigenvalue weighted by Gasteiger charge is -2.07. The molecule has 0 aliphatic rings. The second kappa shape index (κ2) is 2.85. The summed E-state index contributed by atoms with van der Waals surface area (Å²) in [5.41, 5.74) is -1.61. The minimum absolute atomic E-state index is 0.112. The van der Waals surface area contributed by atoms with Crippen LogP contribution >= 0.6 is 0 Å². The predicted octanol–water partition coefficient (Wildman–Crippen LogP) is 1.91. The summed E-state index contributed by atoms with van der Waals surface area (Å²) in [6.07, 6.45) is -3.68. The SMILES string of the molecule is Nn1cnc2c(F)c(C(F)(F)F)ccc21. The van der Waals surface area contributed by atoms with Crippen LogP contribution in [0, 0.1) is 5.82 Å². The maximum atomic E-state index is 13.3. The van der Waals surface area contributed by atoms with Gasteiger partial charge in [0.05, 0.1) is 11.1 Å². The quantitative estimate of drug-likeness (QED) is 0.543. The first kappa shape index (κ1) is 9.75. The van der Waals surface area contributed by atoms with E-state index in [-0.39, 0.29) is 11.0 Å². The molecule has 0 atom stereocenters. The fraction of sp³-hybridized carbons (Fsp3) is 0.125. The molecule has 1 aromatic heterocycles. The average Bonchev–Trinajstić information content (AvgIpc) is 2.47. The van der Waals surface area contributed by atoms with Crippen molar-refractivity contribution in [2.45, 2.75) is 6.18 Å². The summed E-state index contributed by atoms with van der Waals surface area (Å²) in [4.78, 5) is 3.45. The van der Waals surface area contributed by atoms with Gasteiger partial charge in [-0.2, -0.15) is 13.2 Å². The molecule has 15 heavy (non-hydrogen) atoms. The number of imidazole rings is 1. The zero-order valence-corrected chi connectivity index (χ0v) is 7.22. The van der Waals surface area contributed by atoms with Crippen molar-refractivity contribution in [2.75, 3.05) is 5.84 Å². The molecule has 2 aromatic rings. The molecule has 1 aromatic carbocycles. The molecule has 0 aliphatic heterocycles. The Morgan fingerprint density at radius 3 is 2.53 bits per heavy atom. The van der Waals surface area contributed by atoms with Crippen LogP contribution in [0.5, 0.6) is 0 Å². The maximum Gasteiger partial charge on any atom is 0.419 e. The van der Waals surface area contributed by atoms with Crippen molar-refractivity contribution < 1.29 is 17.6 Å². The number of fused-ring (bicyclic) bond motifs is 1. The normalized spacial score (nSPS) is 12.3. The zero-order chi connectivity index (χ0) is 11.2. The van der Waals surface area contributed by atoms with Gasteiger partial charge < -0.3 is 5.84 Å². The largest absolute Gasteiger partial charge is 0.419 e. The van der Waals surface area contributed by atoms with Crippen LogP contribution in [0.4, 0.5) is 17.6 Å². The summed E-state index contributed by atoms with van der Waals surface area (Å²) in [5, 5.41) is 0. The Balaban J connectivity index is 2.77. The highest BCUT2D eigenvalue weighted by Gasteiger charge is 2.35. The van der Waals surface area contributed by atoms with Crippen LogP contribution in [0.25, 0.3) is 11.0 Å². The minimum Gasteiger partial charge on any atom is -0.338 e. The molecular formula is C8H5F4N3. The summed E-state index contributed by atoms with van der Waals surface area (Å²) >= 11 is 0. The number of alkyl halides is 3. The van der Waals surface area contributed by atoms with Crippen LogP contribution in [-0.2, 0) is 6.18 Å². The van der Waals surface area contributed by atoms with Gasteiger partial charge in [-0.25, -0.2) is 14.1 Å². The standard InChI is InChI=1S/C8H5F4N3/c9-6-4(8(10,11)12)1-2-5-7(6)14-3-15(5)13/h1-3H,13H2. The molecule has 3 nitrogen and oxygen atoms in total. The average molecular weight is 219 g/mol. The number of hydrogen-bond donors (Lipinski definition) is 1. The lowest BCUT2D eigenvalue weighted by Crippen LogP contribution is -2.09. The van der Waals surface area contributed by atoms with Gasteiger partial charge in [0.25, 0.3) is 0 Å². The number of nitrogens with two attached hydrogens (primary N) is 1. The van der Waals surface area contributed by atoms with Crippen molar-refractivity contribution in [3.05, 3.63) is 29.8 Å². The van der Waals surface area contributed by atoms with Gasteiger partial charge in [-0.05, 0) is 12.1 Å². The zero-order valence-electron chi connectivity index (χ0n) is 7.22. The first-order valence-corrected chi connectivity index (χ1v) is 3.89. The van der Waals surface area contributed by atoms with E-state index in [1.807, 2.05) is 0 Å². The molecule has 0 radical (unpaired) electrons. The van der Waals surface area contributed by atoms with Crippen molar-refractivity contribution >= 4 is 11.0 Å². The van der Waals surface area contributed by atoms with Gasteiger partial charge in [0, 0.05) is 0 Å². The molecule has 0 amide bonds. The van der Waals surface area contributed by atoms with Gasteiger partial charge >= 0.3 is 6.18 Å². The number of nitrogens with zero attached hydrogens (tertiary/aromatic N) is 2. The fourth-order valence-corrected chi connectivity index (χ4v) is 1.29. The van der Waals surface area contributed by atoms with Crippen molar-refractivity contribution in [1.82, 2.24) is 9.66 Å². The summed E-state index contributed by atoms with van der Waals surface area (Å²) < 4.78 is 51.1. The molecule has 0 bridgehead atoms. The van der Waals surface area contributed by atoms with Crippen molar-refractivity contribution in [3.63, 3.8) is 0 Å². The highest BCUT2D eigenvalue weighted by Crippen LogP contribution is 2.33. The van der Waals surface area contributed by atoms with Crippen LogP contribution in [0.15, 0.2) is 18.5 Å². The first-order valence-electron chi connectivity index (χ1n) is 3.89. The number of halogens is 4. The Labute approximate surface area is 81.1 Å². The number of nitrogen functional groups attached to an aromatic ring is 1. The van der Waals surface area contributed by atoms with E-state index in [2.05, 4.69) is 4.98 Å². The number of aromatic nitrogens is 2. The molecule has 2 N–H and O–H groups in total. The molecule has 0 saturated heterocycles. The van der Waals surface area contributed by atoms with E-state index < -0.39 is 17.6 Å². The summed E-state index contributed by atoms with van der Waals surface area (Å²) in [5.74, 6) is 3.91. The molecular weight excluding hydrogens is 214 g/mol. The highest BCUT2D eigenvalue weighted by molar-refractivity contribution is 5.77. The van der Waals surface area contributed by atoms with Crippen molar-refractivity contribution in [3.8, 4) is 0 Å². The Kier molecular flexibility index (Phi) is 1.85. The van der Waals surface area contributed by atoms with Gasteiger partial charge in [-0.3, -0.25) is 0 Å². The second-order valence-electron chi connectivity index (χ2n) is 2.94. The summed E-state index contributed by atoms with van der Waals surface area (Å²) in [7, 11) is 0. The Bertz CT molecular complexity index is 514. The number of rotatable bonds is 0. The second-order valence-corrected chi connectivity index (χ2v) is 2.94. The lowest BCUT2D eigenvalue weighted by atomic mass is 10.2. The van der Waals surface area contributed by atoms with Crippen LogP contribution in [0.2, 0.25) is 0 Å². The van der Waals surface area contributed by atoms with E-state index in [1.54, 1.807) is 0 Å². The van der Waals surface area contributed by atoms with Gasteiger partial charge in [0.15, 0.2) is 5.82 Å². The van der Waals surface area contributed by atoms with Gasteiger partial charge in [-0.1, -0.05) is 0 Å². The third-order valence-corrected chi connectivity index (χ3v) is 1.99. The third-order valence-electron chi connectivity index (χ3n) is 1.99. The van der Waals surface area contributed by atoms with Crippen molar-refractivity contribution in [2.24, 2.45) is 0 Å². The Hall–Kier alpha value is -1.79. The number of benzene rings is 1. The predicted molar refractivity (Wildman–Crippen MR) is 44.8 cm³/mol. The Morgan fingerprint density at radius 2 is 1.93 bits per heavy atom. The molecule has 1 heterocycles. The summed E-state index contributed by atoms with van der Waals surface area (Å²) in [6.45, 7) is 0. The highest BCUT2D eigenvalue weighted by atomic mass is 19.4. The minimum atomic E-state index is -4.73.